The Balaban J connectivity index is 1.84. The van der Waals surface area contributed by atoms with Gasteiger partial charge in [0.05, 0.1) is 6.20 Å². The van der Waals surface area contributed by atoms with Gasteiger partial charge in [-0.15, -0.1) is 10.2 Å². The summed E-state index contributed by atoms with van der Waals surface area (Å²) in [5.74, 6) is 2.52. The molecule has 3 aromatic rings. The number of rotatable bonds is 3. The summed E-state index contributed by atoms with van der Waals surface area (Å²) in [6, 6.07) is 4.01. The first-order chi connectivity index (χ1) is 8.72. The highest BCUT2D eigenvalue weighted by molar-refractivity contribution is 5.39. The standard InChI is InChI=1S/C13H14N4O/c1-9-3-4-11-15-16-12(17(11)8-9)5-6-13-14-7-10(2)18-13/h3-4,7-8H,5-6H2,1-2H3. The number of pyridine rings is 1. The van der Waals surface area contributed by atoms with Gasteiger partial charge in [0.15, 0.2) is 11.5 Å². The van der Waals surface area contributed by atoms with Crippen molar-refractivity contribution in [3.63, 3.8) is 0 Å². The third-order valence-electron chi connectivity index (χ3n) is 2.85. The normalized spacial score (nSPS) is 11.2. The fraction of sp³-hybridized carbons (Fsp3) is 0.308. The minimum Gasteiger partial charge on any atom is -0.446 e. The monoisotopic (exact) mass is 242 g/mol. The predicted octanol–water partition coefficient (Wildman–Crippen LogP) is 2.12. The van der Waals surface area contributed by atoms with Crippen LogP contribution in [0.25, 0.3) is 5.65 Å². The van der Waals surface area contributed by atoms with Crippen LogP contribution in [0.4, 0.5) is 0 Å². The number of hydrogen-bond acceptors (Lipinski definition) is 4. The van der Waals surface area contributed by atoms with E-state index in [2.05, 4.69) is 22.1 Å². The first-order valence-corrected chi connectivity index (χ1v) is 5.94. The van der Waals surface area contributed by atoms with Gasteiger partial charge < -0.3 is 4.42 Å². The molecule has 0 unspecified atom stereocenters. The highest BCUT2D eigenvalue weighted by Gasteiger charge is 2.07. The molecule has 92 valence electrons. The molecule has 0 aliphatic carbocycles. The molecule has 0 aliphatic rings. The van der Waals surface area contributed by atoms with E-state index in [4.69, 9.17) is 4.42 Å². The number of aromatic nitrogens is 4. The third kappa shape index (κ3) is 1.99. The van der Waals surface area contributed by atoms with Gasteiger partial charge in [-0.25, -0.2) is 4.98 Å². The van der Waals surface area contributed by atoms with Crippen LogP contribution in [0.5, 0.6) is 0 Å². The van der Waals surface area contributed by atoms with Crippen molar-refractivity contribution in [1.29, 1.82) is 0 Å². The van der Waals surface area contributed by atoms with Crippen LogP contribution in [0, 0.1) is 13.8 Å². The van der Waals surface area contributed by atoms with E-state index in [1.807, 2.05) is 29.7 Å². The van der Waals surface area contributed by atoms with Gasteiger partial charge in [-0.1, -0.05) is 6.07 Å². The zero-order chi connectivity index (χ0) is 12.5. The van der Waals surface area contributed by atoms with E-state index in [0.29, 0.717) is 0 Å². The van der Waals surface area contributed by atoms with Crippen molar-refractivity contribution in [3.8, 4) is 0 Å². The highest BCUT2D eigenvalue weighted by Crippen LogP contribution is 2.09. The molecule has 18 heavy (non-hydrogen) atoms. The second-order valence-corrected chi connectivity index (χ2v) is 4.42. The zero-order valence-corrected chi connectivity index (χ0v) is 10.4. The lowest BCUT2D eigenvalue weighted by Gasteiger charge is -1.99. The van der Waals surface area contributed by atoms with E-state index in [9.17, 15) is 0 Å². The van der Waals surface area contributed by atoms with Gasteiger partial charge in [0, 0.05) is 19.0 Å². The van der Waals surface area contributed by atoms with E-state index >= 15 is 0 Å². The van der Waals surface area contributed by atoms with Crippen LogP contribution in [0.15, 0.2) is 28.9 Å². The molecular formula is C13H14N4O. The lowest BCUT2D eigenvalue weighted by molar-refractivity contribution is 0.468. The van der Waals surface area contributed by atoms with Crippen LogP contribution in [0.1, 0.15) is 23.0 Å². The summed E-state index contributed by atoms with van der Waals surface area (Å²) in [4.78, 5) is 4.19. The molecule has 3 rings (SSSR count). The molecule has 0 spiro atoms. The van der Waals surface area contributed by atoms with Gasteiger partial charge in [-0.3, -0.25) is 4.40 Å². The average Bonchev–Trinajstić information content (AvgIpc) is 2.93. The molecule has 0 saturated carbocycles. The SMILES string of the molecule is Cc1ccc2nnc(CCc3ncc(C)o3)n2c1. The van der Waals surface area contributed by atoms with Crippen molar-refractivity contribution in [3.05, 3.63) is 47.6 Å². The summed E-state index contributed by atoms with van der Waals surface area (Å²) >= 11 is 0. The molecule has 0 saturated heterocycles. The van der Waals surface area contributed by atoms with Crippen LogP contribution in [0.3, 0.4) is 0 Å². The van der Waals surface area contributed by atoms with Crippen molar-refractivity contribution >= 4 is 5.65 Å². The number of aryl methyl sites for hydroxylation is 4. The van der Waals surface area contributed by atoms with Crippen LogP contribution < -0.4 is 0 Å². The van der Waals surface area contributed by atoms with Crippen LogP contribution in [0.2, 0.25) is 0 Å². The van der Waals surface area contributed by atoms with E-state index < -0.39 is 0 Å². The van der Waals surface area contributed by atoms with Crippen LogP contribution >= 0.6 is 0 Å². The molecule has 3 aromatic heterocycles. The number of fused-ring (bicyclic) bond motifs is 1. The van der Waals surface area contributed by atoms with Gasteiger partial charge >= 0.3 is 0 Å². The average molecular weight is 242 g/mol. The largest absolute Gasteiger partial charge is 0.446 e. The number of oxazole rings is 1. The Morgan fingerprint density at radius 3 is 2.83 bits per heavy atom. The first-order valence-electron chi connectivity index (χ1n) is 5.94. The molecule has 0 radical (unpaired) electrons. The van der Waals surface area contributed by atoms with Gasteiger partial charge in [0.25, 0.3) is 0 Å². The van der Waals surface area contributed by atoms with E-state index in [1.54, 1.807) is 6.20 Å². The van der Waals surface area contributed by atoms with Gasteiger partial charge in [0.2, 0.25) is 0 Å². The van der Waals surface area contributed by atoms with E-state index in [0.717, 1.165) is 36.0 Å². The summed E-state index contributed by atoms with van der Waals surface area (Å²) < 4.78 is 7.47. The minimum atomic E-state index is 0.739. The van der Waals surface area contributed by atoms with Crippen molar-refractivity contribution in [2.75, 3.05) is 0 Å². The second-order valence-electron chi connectivity index (χ2n) is 4.42. The molecular weight excluding hydrogens is 228 g/mol. The zero-order valence-electron chi connectivity index (χ0n) is 10.4. The van der Waals surface area contributed by atoms with Gasteiger partial charge in [-0.2, -0.15) is 0 Å². The molecule has 5 heteroatoms. The lowest BCUT2D eigenvalue weighted by atomic mass is 10.3. The molecule has 3 heterocycles. The Labute approximate surface area is 104 Å². The Morgan fingerprint density at radius 1 is 1.17 bits per heavy atom. The summed E-state index contributed by atoms with van der Waals surface area (Å²) in [6.45, 7) is 3.95. The minimum absolute atomic E-state index is 0.739. The first kappa shape index (κ1) is 11.0. The Bertz CT molecular complexity index is 683. The van der Waals surface area contributed by atoms with Crippen molar-refractivity contribution in [2.24, 2.45) is 0 Å². The quantitative estimate of drug-likeness (QED) is 0.706. The van der Waals surface area contributed by atoms with Crippen molar-refractivity contribution < 1.29 is 4.42 Å². The fourth-order valence-corrected chi connectivity index (χ4v) is 1.95. The summed E-state index contributed by atoms with van der Waals surface area (Å²) in [5.41, 5.74) is 2.06. The van der Waals surface area contributed by atoms with E-state index in [1.165, 1.54) is 5.56 Å². The summed E-state index contributed by atoms with van der Waals surface area (Å²) in [5, 5.41) is 8.34. The van der Waals surface area contributed by atoms with Crippen LogP contribution in [-0.4, -0.2) is 19.6 Å². The smallest absolute Gasteiger partial charge is 0.194 e. The molecule has 0 amide bonds. The van der Waals surface area contributed by atoms with Crippen molar-refractivity contribution in [1.82, 2.24) is 19.6 Å². The maximum atomic E-state index is 5.45. The lowest BCUT2D eigenvalue weighted by Crippen LogP contribution is -1.98. The maximum Gasteiger partial charge on any atom is 0.194 e. The highest BCUT2D eigenvalue weighted by atomic mass is 16.3. The Hall–Kier alpha value is -2.17. The Kier molecular flexibility index (Phi) is 2.59. The van der Waals surface area contributed by atoms with E-state index in [-0.39, 0.29) is 0 Å². The molecule has 0 fully saturated rings. The second kappa shape index (κ2) is 4.25. The Morgan fingerprint density at radius 2 is 2.06 bits per heavy atom. The van der Waals surface area contributed by atoms with Gasteiger partial charge in [0.1, 0.15) is 11.6 Å². The maximum absolute atomic E-state index is 5.45. The molecule has 0 atom stereocenters. The number of hydrogen-bond donors (Lipinski definition) is 0. The summed E-state index contributed by atoms with van der Waals surface area (Å²) in [7, 11) is 0. The molecule has 5 nitrogen and oxygen atoms in total. The molecule has 0 bridgehead atoms. The predicted molar refractivity (Wildman–Crippen MR) is 66.4 cm³/mol. The molecule has 0 N–H and O–H groups in total. The topological polar surface area (TPSA) is 56.2 Å². The summed E-state index contributed by atoms with van der Waals surface area (Å²) in [6.07, 6.45) is 5.29. The molecule has 0 aliphatic heterocycles. The fourth-order valence-electron chi connectivity index (χ4n) is 1.95. The van der Waals surface area contributed by atoms with Gasteiger partial charge in [-0.05, 0) is 25.5 Å². The van der Waals surface area contributed by atoms with Crippen molar-refractivity contribution in [2.45, 2.75) is 26.7 Å². The third-order valence-corrected chi connectivity index (χ3v) is 2.85. The van der Waals surface area contributed by atoms with Crippen LogP contribution in [-0.2, 0) is 12.8 Å². The molecule has 0 aromatic carbocycles. The number of nitrogens with zero attached hydrogens (tertiary/aromatic N) is 4.